The van der Waals surface area contributed by atoms with E-state index in [0.29, 0.717) is 0 Å². The van der Waals surface area contributed by atoms with Crippen LogP contribution in [0.15, 0.2) is 54.6 Å². The second-order valence-corrected chi connectivity index (χ2v) is 14.2. The SMILES string of the molecule is COc1ccc(OC)c([PH+](C2CCCCC2)C2CCCCC2)c1-c1c(C)cc(C)cc1C.[Br][Pd+].[c-]1ccccc1. The average Bonchev–Trinajstić information content (AvgIpc) is 3.00. The molecular formula is C35H47BrO2PPd+. The molecule has 0 aromatic heterocycles. The normalized spacial score (nSPS) is 15.9. The van der Waals surface area contributed by atoms with Gasteiger partial charge in [-0.25, -0.2) is 0 Å². The second-order valence-electron chi connectivity index (χ2n) is 11.2. The van der Waals surface area contributed by atoms with Crippen molar-refractivity contribution in [1.29, 1.82) is 0 Å². The van der Waals surface area contributed by atoms with E-state index in [9.17, 15) is 0 Å². The van der Waals surface area contributed by atoms with E-state index in [1.165, 1.54) is 97.3 Å². The summed E-state index contributed by atoms with van der Waals surface area (Å²) in [6.45, 7) is 6.74. The van der Waals surface area contributed by atoms with Crippen LogP contribution in [-0.4, -0.2) is 25.5 Å². The molecule has 2 aliphatic carbocycles. The van der Waals surface area contributed by atoms with Crippen molar-refractivity contribution in [2.75, 3.05) is 14.2 Å². The smallest absolute Gasteiger partial charge is 0.171 e. The first-order valence-corrected chi connectivity index (χ1v) is 20.0. The van der Waals surface area contributed by atoms with E-state index in [-0.39, 0.29) is 0 Å². The van der Waals surface area contributed by atoms with Crippen molar-refractivity contribution >= 4 is 26.7 Å². The molecule has 40 heavy (non-hydrogen) atoms. The minimum absolute atomic E-state index is 0.822. The maximum atomic E-state index is 6.14. The summed E-state index contributed by atoms with van der Waals surface area (Å²) in [5.41, 5.74) is 8.44. The van der Waals surface area contributed by atoms with E-state index >= 15 is 0 Å². The Morgan fingerprint density at radius 3 is 1.57 bits per heavy atom. The summed E-state index contributed by atoms with van der Waals surface area (Å²) in [4.78, 5) is 0. The predicted molar refractivity (Wildman–Crippen MR) is 175 cm³/mol. The standard InChI is InChI=1S/C29H41O2P.C6H5.BrH.Pd/c1-20-18-21(2)27(22(3)19-20)28-25(30-4)16-17-26(31-5)29(28)32(23-12-8-6-9-13-23)24-14-10-7-11-15-24;1-2-4-6-5-3-1;;/h16-19,23-24H,6-15H2,1-5H3;1-5H;1H;/q;-1;;+2. The Hall–Kier alpha value is -1.17. The molecule has 3 aromatic rings. The van der Waals surface area contributed by atoms with Gasteiger partial charge in [0, 0.05) is 7.92 Å². The topological polar surface area (TPSA) is 18.5 Å². The maximum Gasteiger partial charge on any atom is -0.171 e. The Morgan fingerprint density at radius 2 is 1.18 bits per heavy atom. The summed E-state index contributed by atoms with van der Waals surface area (Å²) >= 11 is 5.35. The molecule has 0 atom stereocenters. The molecule has 0 radical (unpaired) electrons. The van der Waals surface area contributed by atoms with E-state index in [4.69, 9.17) is 9.47 Å². The third-order valence-electron chi connectivity index (χ3n) is 8.48. The van der Waals surface area contributed by atoms with Crippen LogP contribution in [0.4, 0.5) is 0 Å². The van der Waals surface area contributed by atoms with Crippen molar-refractivity contribution in [2.24, 2.45) is 0 Å². The molecule has 0 bridgehead atoms. The van der Waals surface area contributed by atoms with Crippen LogP contribution in [0.2, 0.25) is 0 Å². The molecule has 220 valence electrons. The quantitative estimate of drug-likeness (QED) is 0.144. The van der Waals surface area contributed by atoms with Gasteiger partial charge in [-0.3, -0.25) is 0 Å². The molecule has 0 aliphatic heterocycles. The van der Waals surface area contributed by atoms with Gasteiger partial charge in [0.1, 0.15) is 11.1 Å². The number of aryl methyl sites for hydroxylation is 3. The van der Waals surface area contributed by atoms with E-state index in [1.807, 2.05) is 44.6 Å². The van der Waals surface area contributed by atoms with Gasteiger partial charge in [0.15, 0.2) is 5.75 Å². The largest absolute Gasteiger partial charge is 0.184 e. The molecular weight excluding hydrogens is 670 g/mol. The van der Waals surface area contributed by atoms with Crippen LogP contribution < -0.4 is 14.8 Å². The van der Waals surface area contributed by atoms with Crippen LogP contribution in [-0.2, 0) is 17.2 Å². The molecule has 5 heteroatoms. The van der Waals surface area contributed by atoms with E-state index in [0.717, 1.165) is 22.8 Å². The van der Waals surface area contributed by atoms with Crippen LogP contribution >= 0.6 is 21.4 Å². The first-order valence-electron chi connectivity index (χ1n) is 14.8. The summed E-state index contributed by atoms with van der Waals surface area (Å²) in [5.74, 6) is 2.12. The van der Waals surface area contributed by atoms with Crippen LogP contribution in [0.25, 0.3) is 11.1 Å². The summed E-state index contributed by atoms with van der Waals surface area (Å²) < 4.78 is 12.2. The molecule has 0 unspecified atom stereocenters. The fourth-order valence-corrected chi connectivity index (χ4v) is 11.5. The zero-order valence-electron chi connectivity index (χ0n) is 24.9. The van der Waals surface area contributed by atoms with Gasteiger partial charge in [-0.05, 0) is 101 Å². The fourth-order valence-electron chi connectivity index (χ4n) is 6.92. The van der Waals surface area contributed by atoms with Crippen molar-refractivity contribution in [3.63, 3.8) is 0 Å². The number of benzene rings is 3. The van der Waals surface area contributed by atoms with Crippen molar-refractivity contribution in [1.82, 2.24) is 0 Å². The van der Waals surface area contributed by atoms with Gasteiger partial charge in [0.05, 0.1) is 31.1 Å². The van der Waals surface area contributed by atoms with Crippen LogP contribution in [0.1, 0.15) is 80.9 Å². The zero-order valence-corrected chi connectivity index (χ0v) is 29.1. The first-order chi connectivity index (χ1) is 19.5. The monoisotopic (exact) mass is 715 g/mol. The summed E-state index contributed by atoms with van der Waals surface area (Å²) in [5, 5.41) is 1.53. The predicted octanol–water partition coefficient (Wildman–Crippen LogP) is 10.1. The molecule has 3 aromatic carbocycles. The zero-order chi connectivity index (χ0) is 28.9. The molecule has 2 saturated carbocycles. The third-order valence-corrected chi connectivity index (χ3v) is 12.5. The second kappa shape index (κ2) is 17.7. The van der Waals surface area contributed by atoms with Gasteiger partial charge >= 0.3 is 30.6 Å². The minimum Gasteiger partial charge on any atom is -0.184 e. The molecule has 0 spiro atoms. The number of rotatable bonds is 6. The van der Waals surface area contributed by atoms with Crippen LogP contribution in [0, 0.1) is 26.8 Å². The van der Waals surface area contributed by atoms with Gasteiger partial charge in [-0.15, -0.1) is 0 Å². The summed E-state index contributed by atoms with van der Waals surface area (Å²) in [7, 11) is 2.88. The summed E-state index contributed by atoms with van der Waals surface area (Å²) in [6.07, 6.45) is 14.0. The molecule has 2 nitrogen and oxygen atoms in total. The van der Waals surface area contributed by atoms with Crippen LogP contribution in [0.5, 0.6) is 11.5 Å². The maximum absolute atomic E-state index is 6.14. The van der Waals surface area contributed by atoms with Crippen molar-refractivity contribution in [3.05, 3.63) is 77.4 Å². The number of ether oxygens (including phenoxy) is 2. The number of halogens is 1. The van der Waals surface area contributed by atoms with Crippen LogP contribution in [0.3, 0.4) is 0 Å². The number of hydrogen-bond donors (Lipinski definition) is 0. The minimum atomic E-state index is -0.822. The van der Waals surface area contributed by atoms with Gasteiger partial charge in [0.2, 0.25) is 0 Å². The van der Waals surface area contributed by atoms with Gasteiger partial charge < -0.3 is 9.47 Å². The van der Waals surface area contributed by atoms with Gasteiger partial charge in [-0.1, -0.05) is 30.5 Å². The Kier molecular flexibility index (Phi) is 14.8. The molecule has 0 amide bonds. The van der Waals surface area contributed by atoms with Crippen molar-refractivity contribution < 1.29 is 26.7 Å². The Balaban J connectivity index is 0.000000481. The van der Waals surface area contributed by atoms with E-state index in [1.54, 1.807) is 0 Å². The van der Waals surface area contributed by atoms with Crippen molar-refractivity contribution in [2.45, 2.75) is 96.3 Å². The molecule has 2 aliphatic rings. The average molecular weight is 717 g/mol. The molecule has 2 fully saturated rings. The number of methoxy groups -OCH3 is 2. The molecule has 0 saturated heterocycles. The molecule has 0 N–H and O–H groups in total. The Labute approximate surface area is 262 Å². The van der Waals surface area contributed by atoms with E-state index < -0.39 is 7.92 Å². The third kappa shape index (κ3) is 8.68. The number of hydrogen-bond acceptors (Lipinski definition) is 2. The first kappa shape index (κ1) is 33.3. The van der Waals surface area contributed by atoms with Gasteiger partial charge in [0.25, 0.3) is 0 Å². The Bertz CT molecular complexity index is 1090. The Morgan fingerprint density at radius 1 is 0.700 bits per heavy atom. The summed E-state index contributed by atoms with van der Waals surface area (Å²) in [6, 6.07) is 21.5. The molecule has 5 rings (SSSR count). The fraction of sp³-hybridized carbons (Fsp3) is 0.486. The van der Waals surface area contributed by atoms with E-state index in [2.05, 4.69) is 81.7 Å². The van der Waals surface area contributed by atoms with Gasteiger partial charge in [-0.2, -0.15) is 36.4 Å². The molecule has 0 heterocycles. The van der Waals surface area contributed by atoms with Crippen molar-refractivity contribution in [3.8, 4) is 22.6 Å².